The number of carboxylic acid groups (broad SMARTS) is 1. The number of carboxylic acids is 1. The molecule has 6 heteroatoms. The second-order valence-electron chi connectivity index (χ2n) is 4.86. The molecular weight excluding hydrogens is 288 g/mol. The summed E-state index contributed by atoms with van der Waals surface area (Å²) >= 11 is 1.69. The van der Waals surface area contributed by atoms with Crippen molar-refractivity contribution >= 4 is 23.8 Å². The number of aromatic carboxylic acids is 1. The maximum Gasteiger partial charge on any atom is 0.335 e. The minimum atomic E-state index is -0.942. The molecular formula is C15H22N2O3S. The Morgan fingerprint density at radius 1 is 1.38 bits per heavy atom. The minimum Gasteiger partial charge on any atom is -0.478 e. The fourth-order valence-electron chi connectivity index (χ4n) is 1.93. The van der Waals surface area contributed by atoms with Crippen LogP contribution in [0.2, 0.25) is 0 Å². The molecule has 2 N–H and O–H groups in total. The van der Waals surface area contributed by atoms with E-state index in [0.717, 1.165) is 11.3 Å². The summed E-state index contributed by atoms with van der Waals surface area (Å²) in [7, 11) is 1.77. The van der Waals surface area contributed by atoms with Gasteiger partial charge in [-0.15, -0.1) is 0 Å². The third-order valence-corrected chi connectivity index (χ3v) is 4.12. The second-order valence-corrected chi connectivity index (χ2v) is 5.77. The zero-order chi connectivity index (χ0) is 15.8. The van der Waals surface area contributed by atoms with E-state index in [-0.39, 0.29) is 17.6 Å². The van der Waals surface area contributed by atoms with Crippen molar-refractivity contribution in [2.45, 2.75) is 19.4 Å². The van der Waals surface area contributed by atoms with Crippen LogP contribution in [-0.2, 0) is 6.42 Å². The Hall–Kier alpha value is -1.69. The van der Waals surface area contributed by atoms with Gasteiger partial charge in [-0.05, 0) is 31.2 Å². The van der Waals surface area contributed by atoms with E-state index in [2.05, 4.69) is 5.32 Å². The molecule has 1 atom stereocenters. The third-order valence-electron chi connectivity index (χ3n) is 3.31. The summed E-state index contributed by atoms with van der Waals surface area (Å²) in [5.74, 6) is -0.0613. The Balaban J connectivity index is 2.50. The average Bonchev–Trinajstić information content (AvgIpc) is 2.46. The van der Waals surface area contributed by atoms with Crippen LogP contribution in [0.25, 0.3) is 0 Å². The van der Waals surface area contributed by atoms with Crippen LogP contribution in [0.1, 0.15) is 22.8 Å². The molecule has 5 nitrogen and oxygen atoms in total. The molecule has 0 saturated carbocycles. The predicted molar refractivity (Wildman–Crippen MR) is 86.1 cm³/mol. The third kappa shape index (κ3) is 5.30. The van der Waals surface area contributed by atoms with Crippen LogP contribution >= 0.6 is 11.8 Å². The van der Waals surface area contributed by atoms with E-state index >= 15 is 0 Å². The Morgan fingerprint density at radius 3 is 2.67 bits per heavy atom. The van der Waals surface area contributed by atoms with Crippen molar-refractivity contribution in [3.63, 3.8) is 0 Å². The molecule has 21 heavy (non-hydrogen) atoms. The van der Waals surface area contributed by atoms with E-state index in [9.17, 15) is 9.59 Å². The Kier molecular flexibility index (Phi) is 7.08. The van der Waals surface area contributed by atoms with Crippen molar-refractivity contribution in [2.24, 2.45) is 0 Å². The van der Waals surface area contributed by atoms with Gasteiger partial charge < -0.3 is 15.3 Å². The highest BCUT2D eigenvalue weighted by atomic mass is 32.2. The zero-order valence-corrected chi connectivity index (χ0v) is 13.4. The van der Waals surface area contributed by atoms with Gasteiger partial charge in [0.15, 0.2) is 0 Å². The molecule has 1 unspecified atom stereocenters. The summed E-state index contributed by atoms with van der Waals surface area (Å²) in [6.45, 7) is 2.41. The highest BCUT2D eigenvalue weighted by Crippen LogP contribution is 2.09. The van der Waals surface area contributed by atoms with E-state index < -0.39 is 5.97 Å². The Morgan fingerprint density at radius 2 is 2.05 bits per heavy atom. The van der Waals surface area contributed by atoms with E-state index in [4.69, 9.17) is 5.11 Å². The maximum atomic E-state index is 12.0. The van der Waals surface area contributed by atoms with E-state index in [1.54, 1.807) is 48.0 Å². The lowest BCUT2D eigenvalue weighted by atomic mass is 10.0. The lowest BCUT2D eigenvalue weighted by Gasteiger charge is -2.24. The molecule has 1 rings (SSSR count). The first-order chi connectivity index (χ1) is 9.97. The summed E-state index contributed by atoms with van der Waals surface area (Å²) in [6, 6.07) is 6.87. The van der Waals surface area contributed by atoms with Crippen molar-refractivity contribution in [3.05, 3.63) is 35.4 Å². The largest absolute Gasteiger partial charge is 0.478 e. The Labute approximate surface area is 129 Å². The van der Waals surface area contributed by atoms with Gasteiger partial charge in [-0.3, -0.25) is 0 Å². The van der Waals surface area contributed by atoms with Gasteiger partial charge in [0.1, 0.15) is 0 Å². The average molecular weight is 310 g/mol. The standard InChI is InChI=1S/C15H22N2O3S/c1-11(10-21-3)17(2)15(20)16-9-8-12-6-4-5-7-13(12)14(18)19/h4-7,11H,8-10H2,1-3H3,(H,16,20)(H,18,19). The number of hydrogen-bond acceptors (Lipinski definition) is 3. The minimum absolute atomic E-state index is 0.135. The number of urea groups is 1. The lowest BCUT2D eigenvalue weighted by Crippen LogP contribution is -2.44. The van der Waals surface area contributed by atoms with Crippen molar-refractivity contribution in [3.8, 4) is 0 Å². The van der Waals surface area contributed by atoms with Gasteiger partial charge in [0, 0.05) is 25.4 Å². The van der Waals surface area contributed by atoms with E-state index in [1.165, 1.54) is 0 Å². The lowest BCUT2D eigenvalue weighted by molar-refractivity contribution is 0.0695. The quantitative estimate of drug-likeness (QED) is 0.811. The smallest absolute Gasteiger partial charge is 0.335 e. The highest BCUT2D eigenvalue weighted by Gasteiger charge is 2.15. The van der Waals surface area contributed by atoms with Crippen LogP contribution in [0.15, 0.2) is 24.3 Å². The van der Waals surface area contributed by atoms with E-state index in [0.29, 0.717) is 13.0 Å². The molecule has 0 fully saturated rings. The number of carbonyl (C=O) groups is 2. The Bertz CT molecular complexity index is 494. The van der Waals surface area contributed by atoms with Crippen LogP contribution in [-0.4, -0.2) is 53.6 Å². The number of nitrogens with one attached hydrogen (secondary N) is 1. The maximum absolute atomic E-state index is 12.0. The predicted octanol–water partition coefficient (Wildman–Crippen LogP) is 2.32. The SMILES string of the molecule is CSCC(C)N(C)C(=O)NCCc1ccccc1C(=O)O. The number of amides is 2. The van der Waals surface area contributed by atoms with Gasteiger partial charge in [0.25, 0.3) is 0 Å². The zero-order valence-electron chi connectivity index (χ0n) is 12.6. The number of rotatable bonds is 7. The molecule has 2 amide bonds. The number of benzene rings is 1. The fraction of sp³-hybridized carbons (Fsp3) is 0.467. The van der Waals surface area contributed by atoms with Crippen molar-refractivity contribution in [1.82, 2.24) is 10.2 Å². The van der Waals surface area contributed by atoms with Crippen molar-refractivity contribution in [1.29, 1.82) is 0 Å². The highest BCUT2D eigenvalue weighted by molar-refractivity contribution is 7.98. The molecule has 0 saturated heterocycles. The van der Waals surface area contributed by atoms with Crippen LogP contribution in [0.4, 0.5) is 4.79 Å². The summed E-state index contributed by atoms with van der Waals surface area (Å²) in [6.07, 6.45) is 2.50. The summed E-state index contributed by atoms with van der Waals surface area (Å²) < 4.78 is 0. The molecule has 116 valence electrons. The number of hydrogen-bond donors (Lipinski definition) is 2. The van der Waals surface area contributed by atoms with Gasteiger partial charge in [0.2, 0.25) is 0 Å². The molecule has 0 spiro atoms. The van der Waals surface area contributed by atoms with Gasteiger partial charge in [-0.25, -0.2) is 9.59 Å². The van der Waals surface area contributed by atoms with Crippen LogP contribution in [0.5, 0.6) is 0 Å². The first kappa shape index (κ1) is 17.4. The molecule has 0 aromatic heterocycles. The van der Waals surface area contributed by atoms with Crippen LogP contribution < -0.4 is 5.32 Å². The molecule has 0 aliphatic carbocycles. The number of carbonyl (C=O) groups excluding carboxylic acids is 1. The normalized spacial score (nSPS) is 11.8. The summed E-state index contributed by atoms with van der Waals surface area (Å²) in [4.78, 5) is 24.7. The van der Waals surface area contributed by atoms with Crippen LogP contribution in [0, 0.1) is 0 Å². The monoisotopic (exact) mass is 310 g/mol. The van der Waals surface area contributed by atoms with Crippen LogP contribution in [0.3, 0.4) is 0 Å². The molecule has 0 aliphatic rings. The topological polar surface area (TPSA) is 69.6 Å². The summed E-state index contributed by atoms with van der Waals surface area (Å²) in [5.41, 5.74) is 1.01. The van der Waals surface area contributed by atoms with Gasteiger partial charge in [0.05, 0.1) is 5.56 Å². The second kappa shape index (κ2) is 8.56. The van der Waals surface area contributed by atoms with Gasteiger partial charge >= 0.3 is 12.0 Å². The molecule has 0 bridgehead atoms. The molecule has 1 aromatic rings. The van der Waals surface area contributed by atoms with E-state index in [1.807, 2.05) is 13.2 Å². The van der Waals surface area contributed by atoms with Crippen molar-refractivity contribution in [2.75, 3.05) is 25.6 Å². The molecule has 1 aromatic carbocycles. The van der Waals surface area contributed by atoms with Crippen molar-refractivity contribution < 1.29 is 14.7 Å². The number of thioether (sulfide) groups is 1. The number of nitrogens with zero attached hydrogens (tertiary/aromatic N) is 1. The first-order valence-corrected chi connectivity index (χ1v) is 8.17. The summed E-state index contributed by atoms with van der Waals surface area (Å²) in [5, 5.41) is 11.9. The fourth-order valence-corrected chi connectivity index (χ4v) is 2.63. The van der Waals surface area contributed by atoms with Gasteiger partial charge in [-0.2, -0.15) is 11.8 Å². The van der Waals surface area contributed by atoms with Gasteiger partial charge in [-0.1, -0.05) is 18.2 Å². The first-order valence-electron chi connectivity index (χ1n) is 6.78. The molecule has 0 heterocycles. The molecule has 0 radical (unpaired) electrons. The molecule has 0 aliphatic heterocycles.